The highest BCUT2D eigenvalue weighted by molar-refractivity contribution is 5.88. The lowest BCUT2D eigenvalue weighted by Crippen LogP contribution is -2.54. The molecule has 1 saturated heterocycles. The number of rotatable bonds is 9. The van der Waals surface area contributed by atoms with Gasteiger partial charge in [0.25, 0.3) is 0 Å². The van der Waals surface area contributed by atoms with Gasteiger partial charge in [-0.1, -0.05) is 36.8 Å². The molecule has 5 atom stereocenters. The Balaban J connectivity index is 1.66. The molecule has 164 valence electrons. The predicted octanol–water partition coefficient (Wildman–Crippen LogP) is 2.24. The highest BCUT2D eigenvalue weighted by Crippen LogP contribution is 2.42. The summed E-state index contributed by atoms with van der Waals surface area (Å²) in [5.41, 5.74) is 1.10. The maximum Gasteiger partial charge on any atom is 0.326 e. The molecule has 2 N–H and O–H groups in total. The normalized spacial score (nSPS) is 24.9. The van der Waals surface area contributed by atoms with E-state index in [1.54, 1.807) is 13.8 Å². The molecule has 3 rings (SSSR count). The van der Waals surface area contributed by atoms with Crippen molar-refractivity contribution in [1.29, 1.82) is 0 Å². The number of hydrogen-bond donors (Lipinski definition) is 2. The van der Waals surface area contributed by atoms with Crippen LogP contribution in [0.5, 0.6) is 0 Å². The molecule has 4 unspecified atom stereocenters. The number of hydrogen-bond acceptors (Lipinski definition) is 5. The van der Waals surface area contributed by atoms with Crippen molar-refractivity contribution in [3.63, 3.8) is 0 Å². The van der Waals surface area contributed by atoms with Crippen molar-refractivity contribution >= 4 is 17.8 Å². The number of ether oxygens (including phenoxy) is 1. The fourth-order valence-electron chi connectivity index (χ4n) is 4.94. The third-order valence-corrected chi connectivity index (χ3v) is 6.38. The average Bonchev–Trinajstić information content (AvgIpc) is 3.32. The number of carbonyl (C=O) groups is 3. The Bertz CT molecular complexity index is 753. The van der Waals surface area contributed by atoms with Crippen molar-refractivity contribution in [3.8, 4) is 0 Å². The van der Waals surface area contributed by atoms with Gasteiger partial charge in [-0.2, -0.15) is 0 Å². The highest BCUT2D eigenvalue weighted by Gasteiger charge is 2.50. The minimum atomic E-state index is -0.934. The molecule has 1 aromatic rings. The van der Waals surface area contributed by atoms with Crippen LogP contribution in [0.15, 0.2) is 30.3 Å². The lowest BCUT2D eigenvalue weighted by atomic mass is 9.94. The highest BCUT2D eigenvalue weighted by atomic mass is 16.5. The molecular formula is C23H32N2O5. The number of likely N-dealkylation sites (tertiary alicyclic amines) is 1. The number of aryl methyl sites for hydroxylation is 1. The Morgan fingerprint density at radius 1 is 1.23 bits per heavy atom. The van der Waals surface area contributed by atoms with Crippen molar-refractivity contribution in [2.45, 2.75) is 64.1 Å². The van der Waals surface area contributed by atoms with E-state index < -0.39 is 24.1 Å². The standard InChI is InChI=1S/C23H32N2O5/c1-3-30-23(29)19(13-12-16-8-5-4-6-9-16)24-15(2)21(26)25-14-17-10-7-11-18(17)20(25)22(27)28/h4-6,8-9,15,17-20,24H,3,7,10-14H2,1-2H3,(H,27,28)/t15-,17?,18?,19?,20?/m0/s1. The predicted molar refractivity (Wildman–Crippen MR) is 112 cm³/mol. The van der Waals surface area contributed by atoms with E-state index in [9.17, 15) is 19.5 Å². The molecule has 2 fully saturated rings. The monoisotopic (exact) mass is 416 g/mol. The van der Waals surface area contributed by atoms with Gasteiger partial charge in [0.1, 0.15) is 12.1 Å². The maximum atomic E-state index is 13.1. The van der Waals surface area contributed by atoms with Gasteiger partial charge in [0, 0.05) is 6.54 Å². The van der Waals surface area contributed by atoms with E-state index in [1.165, 1.54) is 4.90 Å². The van der Waals surface area contributed by atoms with Crippen LogP contribution in [0.1, 0.15) is 45.1 Å². The summed E-state index contributed by atoms with van der Waals surface area (Å²) in [5.74, 6) is -1.28. The van der Waals surface area contributed by atoms with E-state index in [2.05, 4.69) is 5.32 Å². The van der Waals surface area contributed by atoms with Crippen LogP contribution in [-0.4, -0.2) is 59.1 Å². The molecule has 0 radical (unpaired) electrons. The minimum absolute atomic E-state index is 0.0394. The van der Waals surface area contributed by atoms with Crippen LogP contribution in [0.2, 0.25) is 0 Å². The van der Waals surface area contributed by atoms with Gasteiger partial charge < -0.3 is 14.7 Å². The van der Waals surface area contributed by atoms with Gasteiger partial charge in [0.05, 0.1) is 12.6 Å². The number of fused-ring (bicyclic) bond motifs is 1. The SMILES string of the molecule is CCOC(=O)C(CCc1ccccc1)N[C@@H](C)C(=O)N1CC2CCCC2C1C(=O)O. The quantitative estimate of drug-likeness (QED) is 0.600. The lowest BCUT2D eigenvalue weighted by Gasteiger charge is -2.29. The molecule has 0 aromatic heterocycles. The molecule has 30 heavy (non-hydrogen) atoms. The Kier molecular flexibility index (Phi) is 7.48. The number of nitrogens with one attached hydrogen (secondary N) is 1. The van der Waals surface area contributed by atoms with Crippen molar-refractivity contribution < 1.29 is 24.2 Å². The van der Waals surface area contributed by atoms with E-state index in [1.807, 2.05) is 30.3 Å². The zero-order valence-electron chi connectivity index (χ0n) is 17.8. The van der Waals surface area contributed by atoms with Crippen LogP contribution in [0.4, 0.5) is 0 Å². The molecule has 1 aromatic carbocycles. The molecule has 7 heteroatoms. The molecule has 1 heterocycles. The maximum absolute atomic E-state index is 13.1. The molecule has 2 aliphatic rings. The fraction of sp³-hybridized carbons (Fsp3) is 0.609. The number of amides is 1. The van der Waals surface area contributed by atoms with Crippen LogP contribution in [-0.2, 0) is 25.5 Å². The summed E-state index contributed by atoms with van der Waals surface area (Å²) in [4.78, 5) is 39.0. The number of esters is 1. The molecule has 0 bridgehead atoms. The van der Waals surface area contributed by atoms with Crippen LogP contribution < -0.4 is 5.32 Å². The topological polar surface area (TPSA) is 95.9 Å². The van der Waals surface area contributed by atoms with E-state index >= 15 is 0 Å². The number of benzene rings is 1. The number of aliphatic carboxylic acids is 1. The largest absolute Gasteiger partial charge is 0.480 e. The first kappa shape index (κ1) is 22.3. The van der Waals surface area contributed by atoms with Gasteiger partial charge in [0.15, 0.2) is 0 Å². The number of carboxylic acid groups (broad SMARTS) is 1. The zero-order valence-corrected chi connectivity index (χ0v) is 17.8. The summed E-state index contributed by atoms with van der Waals surface area (Å²) < 4.78 is 5.20. The molecule has 0 spiro atoms. The second-order valence-electron chi connectivity index (χ2n) is 8.35. The third kappa shape index (κ3) is 5.01. The van der Waals surface area contributed by atoms with E-state index in [0.29, 0.717) is 19.4 Å². The van der Waals surface area contributed by atoms with Crippen LogP contribution >= 0.6 is 0 Å². The summed E-state index contributed by atoms with van der Waals surface area (Å²) >= 11 is 0. The van der Waals surface area contributed by atoms with E-state index in [-0.39, 0.29) is 30.3 Å². The Labute approximate surface area is 177 Å². The third-order valence-electron chi connectivity index (χ3n) is 6.38. The second kappa shape index (κ2) is 10.1. The lowest BCUT2D eigenvalue weighted by molar-refractivity contribution is -0.151. The first-order chi connectivity index (χ1) is 14.4. The summed E-state index contributed by atoms with van der Waals surface area (Å²) in [7, 11) is 0. The molecule has 1 saturated carbocycles. The van der Waals surface area contributed by atoms with E-state index in [4.69, 9.17) is 4.74 Å². The molecular weight excluding hydrogens is 384 g/mol. The average molecular weight is 417 g/mol. The van der Waals surface area contributed by atoms with Gasteiger partial charge >= 0.3 is 11.9 Å². The van der Waals surface area contributed by atoms with Gasteiger partial charge in [-0.3, -0.25) is 14.9 Å². The molecule has 1 amide bonds. The number of nitrogens with zero attached hydrogens (tertiary/aromatic N) is 1. The van der Waals surface area contributed by atoms with Crippen molar-refractivity contribution in [1.82, 2.24) is 10.2 Å². The first-order valence-electron chi connectivity index (χ1n) is 10.9. The van der Waals surface area contributed by atoms with Crippen LogP contribution in [0.25, 0.3) is 0 Å². The Morgan fingerprint density at radius 2 is 1.97 bits per heavy atom. The molecule has 7 nitrogen and oxygen atoms in total. The summed E-state index contributed by atoms with van der Waals surface area (Å²) in [5, 5.41) is 12.8. The summed E-state index contributed by atoms with van der Waals surface area (Å²) in [6, 6.07) is 7.77. The van der Waals surface area contributed by atoms with Gasteiger partial charge in [-0.25, -0.2) is 4.79 Å². The van der Waals surface area contributed by atoms with Crippen molar-refractivity contribution in [2.24, 2.45) is 11.8 Å². The van der Waals surface area contributed by atoms with Gasteiger partial charge in [-0.15, -0.1) is 0 Å². The van der Waals surface area contributed by atoms with Crippen LogP contribution in [0, 0.1) is 11.8 Å². The molecule has 1 aliphatic heterocycles. The minimum Gasteiger partial charge on any atom is -0.480 e. The van der Waals surface area contributed by atoms with Gasteiger partial charge in [0.2, 0.25) is 5.91 Å². The van der Waals surface area contributed by atoms with Crippen molar-refractivity contribution in [3.05, 3.63) is 35.9 Å². The second-order valence-corrected chi connectivity index (χ2v) is 8.35. The number of carboxylic acids is 1. The first-order valence-corrected chi connectivity index (χ1v) is 10.9. The van der Waals surface area contributed by atoms with E-state index in [0.717, 1.165) is 24.8 Å². The number of carbonyl (C=O) groups excluding carboxylic acids is 2. The Morgan fingerprint density at radius 3 is 2.63 bits per heavy atom. The van der Waals surface area contributed by atoms with Crippen LogP contribution in [0.3, 0.4) is 0 Å². The Hall–Kier alpha value is -2.41. The fourth-order valence-corrected chi connectivity index (χ4v) is 4.94. The molecule has 1 aliphatic carbocycles. The summed E-state index contributed by atoms with van der Waals surface area (Å²) in [6.45, 7) is 4.20. The zero-order chi connectivity index (χ0) is 21.7. The van der Waals surface area contributed by atoms with Crippen molar-refractivity contribution in [2.75, 3.05) is 13.2 Å². The summed E-state index contributed by atoms with van der Waals surface area (Å²) in [6.07, 6.45) is 4.02. The van der Waals surface area contributed by atoms with Gasteiger partial charge in [-0.05, 0) is 56.9 Å². The smallest absolute Gasteiger partial charge is 0.326 e.